The molecule has 208 valence electrons. The Bertz CT molecular complexity index is 1210. The van der Waals surface area contributed by atoms with E-state index in [0.29, 0.717) is 17.7 Å². The van der Waals surface area contributed by atoms with Gasteiger partial charge in [-0.2, -0.15) is 17.9 Å². The number of sulfonamides is 1. The number of carbonyl (C=O) groups is 3. The number of nitrogens with one attached hydrogen (secondary N) is 3. The first-order valence-electron chi connectivity index (χ1n) is 10.6. The normalized spacial score (nSPS) is 11.9. The molecule has 0 unspecified atom stereocenters. The van der Waals surface area contributed by atoms with Gasteiger partial charge in [0.2, 0.25) is 15.9 Å². The predicted octanol–water partition coefficient (Wildman–Crippen LogP) is 1.31. The van der Waals surface area contributed by atoms with Gasteiger partial charge in [-0.1, -0.05) is 18.2 Å². The molecule has 12 nitrogen and oxygen atoms in total. The highest BCUT2D eigenvalue weighted by Gasteiger charge is 2.38. The fourth-order valence-corrected chi connectivity index (χ4v) is 3.70. The van der Waals surface area contributed by atoms with E-state index in [-0.39, 0.29) is 23.8 Å². The Hall–Kier alpha value is -4.18. The average Bonchev–Trinajstić information content (AvgIpc) is 2.85. The van der Waals surface area contributed by atoms with Gasteiger partial charge in [0.15, 0.2) is 0 Å². The van der Waals surface area contributed by atoms with E-state index >= 15 is 0 Å². The number of amidine groups is 1. The van der Waals surface area contributed by atoms with Crippen LogP contribution in [0.15, 0.2) is 59.5 Å². The van der Waals surface area contributed by atoms with Gasteiger partial charge in [-0.05, 0) is 42.8 Å². The lowest BCUT2D eigenvalue weighted by Gasteiger charge is -2.15. The van der Waals surface area contributed by atoms with E-state index in [1.165, 1.54) is 24.3 Å². The SMILES string of the molecule is N=C(N)c1ccc(OCCCC(=O)NC[C@H](NS(=O)(=O)c2ccccc2)C(=O)O)cc1.O=C(O)C(F)(F)F. The molecule has 2 aromatic rings. The number of rotatable bonds is 12. The summed E-state index contributed by atoms with van der Waals surface area (Å²) in [5.74, 6) is -4.08. The van der Waals surface area contributed by atoms with Gasteiger partial charge in [-0.15, -0.1) is 0 Å². The number of alkyl halides is 3. The number of nitrogen functional groups attached to an aromatic ring is 1. The minimum absolute atomic E-state index is 0.0473. The highest BCUT2D eigenvalue weighted by molar-refractivity contribution is 7.89. The molecule has 1 atom stereocenters. The molecule has 0 fully saturated rings. The molecule has 0 aliphatic heterocycles. The molecule has 0 spiro atoms. The Morgan fingerprint density at radius 1 is 1.03 bits per heavy atom. The highest BCUT2D eigenvalue weighted by Crippen LogP contribution is 2.13. The average molecular weight is 563 g/mol. The molecule has 0 radical (unpaired) electrons. The Morgan fingerprint density at radius 3 is 2.05 bits per heavy atom. The van der Waals surface area contributed by atoms with Crippen LogP contribution < -0.4 is 20.5 Å². The summed E-state index contributed by atoms with van der Waals surface area (Å²) in [6.45, 7) is -0.149. The zero-order valence-corrected chi connectivity index (χ0v) is 20.4. The Balaban J connectivity index is 0.000000905. The number of nitrogens with two attached hydrogens (primary N) is 1. The molecule has 2 aromatic carbocycles. The van der Waals surface area contributed by atoms with E-state index in [1.807, 2.05) is 0 Å². The smallest absolute Gasteiger partial charge is 0.490 e. The number of carboxylic acid groups (broad SMARTS) is 2. The standard InChI is InChI=1S/C20H24N4O6S.C2HF3O2/c21-19(22)14-8-10-15(11-9-14)30-12-4-7-18(25)23-13-17(20(26)27)24-31(28,29)16-5-2-1-3-6-16;3-2(4,5)1(6)7/h1-3,5-6,8-11,17,24H,4,7,12-13H2,(H3,21,22)(H,23,25)(H,26,27);(H,6,7)/t17-;/m0./s1. The Labute approximate surface area is 215 Å². The molecule has 7 N–H and O–H groups in total. The lowest BCUT2D eigenvalue weighted by molar-refractivity contribution is -0.192. The molecule has 1 amide bonds. The number of amides is 1. The third-order valence-electron chi connectivity index (χ3n) is 4.38. The molecule has 0 aromatic heterocycles. The molecule has 0 saturated heterocycles. The van der Waals surface area contributed by atoms with Crippen molar-refractivity contribution in [2.24, 2.45) is 5.73 Å². The van der Waals surface area contributed by atoms with Crippen LogP contribution in [0.3, 0.4) is 0 Å². The largest absolute Gasteiger partial charge is 0.494 e. The molecule has 0 aliphatic rings. The summed E-state index contributed by atoms with van der Waals surface area (Å²) in [4.78, 5) is 32.2. The number of hydrogen-bond acceptors (Lipinski definition) is 7. The van der Waals surface area contributed by atoms with Crippen molar-refractivity contribution in [2.45, 2.75) is 30.0 Å². The van der Waals surface area contributed by atoms with Gasteiger partial charge in [0.1, 0.15) is 17.6 Å². The zero-order chi connectivity index (χ0) is 28.9. The molecular weight excluding hydrogens is 537 g/mol. The third-order valence-corrected chi connectivity index (χ3v) is 5.86. The van der Waals surface area contributed by atoms with Crippen LogP contribution in [0, 0.1) is 5.41 Å². The Kier molecular flexibility index (Phi) is 12.2. The van der Waals surface area contributed by atoms with Crippen molar-refractivity contribution in [1.29, 1.82) is 5.41 Å². The molecule has 0 bridgehead atoms. The summed E-state index contributed by atoms with van der Waals surface area (Å²) >= 11 is 0. The maximum Gasteiger partial charge on any atom is 0.490 e. The van der Waals surface area contributed by atoms with E-state index in [2.05, 4.69) is 10.0 Å². The van der Waals surface area contributed by atoms with Crippen LogP contribution in [0.25, 0.3) is 0 Å². The number of halogens is 3. The zero-order valence-electron chi connectivity index (χ0n) is 19.6. The van der Waals surface area contributed by atoms with Crippen molar-refractivity contribution in [2.75, 3.05) is 13.2 Å². The van der Waals surface area contributed by atoms with Crippen molar-refractivity contribution in [1.82, 2.24) is 10.0 Å². The van der Waals surface area contributed by atoms with Gasteiger partial charge in [-0.25, -0.2) is 13.2 Å². The highest BCUT2D eigenvalue weighted by atomic mass is 32.2. The lowest BCUT2D eigenvalue weighted by atomic mass is 10.2. The van der Waals surface area contributed by atoms with E-state index in [4.69, 9.17) is 25.8 Å². The number of ether oxygens (including phenoxy) is 1. The minimum atomic E-state index is -5.08. The first-order chi connectivity index (χ1) is 17.6. The van der Waals surface area contributed by atoms with Crippen molar-refractivity contribution < 1.29 is 50.9 Å². The summed E-state index contributed by atoms with van der Waals surface area (Å²) in [5, 5.41) is 26.1. The van der Waals surface area contributed by atoms with Crippen molar-refractivity contribution in [3.05, 3.63) is 60.2 Å². The third kappa shape index (κ3) is 11.7. The van der Waals surface area contributed by atoms with E-state index in [1.54, 1.807) is 30.3 Å². The molecular formula is C22H25F3N4O8S. The molecule has 0 aliphatic carbocycles. The van der Waals surface area contributed by atoms with Crippen molar-refractivity contribution >= 4 is 33.7 Å². The predicted molar refractivity (Wildman–Crippen MR) is 127 cm³/mol. The second-order valence-corrected chi connectivity index (χ2v) is 9.04. The van der Waals surface area contributed by atoms with Crippen LogP contribution in [0.5, 0.6) is 5.75 Å². The van der Waals surface area contributed by atoms with Crippen LogP contribution >= 0.6 is 0 Å². The number of benzene rings is 2. The van der Waals surface area contributed by atoms with E-state index in [9.17, 15) is 36.3 Å². The molecule has 16 heteroatoms. The maximum absolute atomic E-state index is 12.3. The summed E-state index contributed by atoms with van der Waals surface area (Å²) in [5.41, 5.74) is 5.95. The van der Waals surface area contributed by atoms with Crippen LogP contribution in [-0.4, -0.2) is 67.7 Å². The lowest BCUT2D eigenvalue weighted by Crippen LogP contribution is -2.48. The Morgan fingerprint density at radius 2 is 1.58 bits per heavy atom. The van der Waals surface area contributed by atoms with E-state index < -0.39 is 46.6 Å². The van der Waals surface area contributed by atoms with Gasteiger partial charge >= 0.3 is 18.1 Å². The first kappa shape index (κ1) is 31.8. The van der Waals surface area contributed by atoms with Crippen molar-refractivity contribution in [3.63, 3.8) is 0 Å². The molecule has 38 heavy (non-hydrogen) atoms. The van der Waals surface area contributed by atoms with Crippen LogP contribution in [0.1, 0.15) is 18.4 Å². The summed E-state index contributed by atoms with van der Waals surface area (Å²) in [6, 6.07) is 12.5. The van der Waals surface area contributed by atoms with Gasteiger partial charge in [0, 0.05) is 18.5 Å². The number of carboxylic acids is 2. The van der Waals surface area contributed by atoms with Crippen LogP contribution in [-0.2, 0) is 24.4 Å². The topological polar surface area (TPSA) is 209 Å². The molecule has 0 heterocycles. The second kappa shape index (κ2) is 14.5. The van der Waals surface area contributed by atoms with E-state index in [0.717, 1.165) is 0 Å². The number of hydrogen-bond donors (Lipinski definition) is 6. The monoisotopic (exact) mass is 562 g/mol. The minimum Gasteiger partial charge on any atom is -0.494 e. The van der Waals surface area contributed by atoms with Crippen molar-refractivity contribution in [3.8, 4) is 5.75 Å². The fourth-order valence-electron chi connectivity index (χ4n) is 2.49. The summed E-state index contributed by atoms with van der Waals surface area (Å²) in [6.07, 6.45) is -4.64. The second-order valence-electron chi connectivity index (χ2n) is 7.32. The van der Waals surface area contributed by atoms with Gasteiger partial charge in [-0.3, -0.25) is 15.0 Å². The van der Waals surface area contributed by atoms with Crippen LogP contribution in [0.4, 0.5) is 13.2 Å². The maximum atomic E-state index is 12.3. The first-order valence-corrected chi connectivity index (χ1v) is 12.1. The molecule has 2 rings (SSSR count). The fraction of sp³-hybridized carbons (Fsp3) is 0.273. The van der Waals surface area contributed by atoms with Gasteiger partial charge in [0.05, 0.1) is 11.5 Å². The van der Waals surface area contributed by atoms with Crippen LogP contribution in [0.2, 0.25) is 0 Å². The van der Waals surface area contributed by atoms with Gasteiger partial charge in [0.25, 0.3) is 0 Å². The number of aliphatic carboxylic acids is 2. The molecule has 0 saturated carbocycles. The number of carbonyl (C=O) groups excluding carboxylic acids is 1. The quantitative estimate of drug-likeness (QED) is 0.125. The van der Waals surface area contributed by atoms with Gasteiger partial charge < -0.3 is 26.0 Å². The summed E-state index contributed by atoms with van der Waals surface area (Å²) < 4.78 is 63.9. The summed E-state index contributed by atoms with van der Waals surface area (Å²) in [7, 11) is -4.04.